The Labute approximate surface area is 161 Å². The maximum atomic E-state index is 12.9. The van der Waals surface area contributed by atoms with Gasteiger partial charge in [-0.1, -0.05) is 33.6 Å². The molecule has 0 atom stereocenters. The minimum Gasteiger partial charge on any atom is -0.497 e. The van der Waals surface area contributed by atoms with Crippen LogP contribution in [0.4, 0.5) is 5.69 Å². The van der Waals surface area contributed by atoms with Crippen molar-refractivity contribution >= 4 is 43.2 Å². The fourth-order valence-corrected chi connectivity index (χ4v) is 5.25. The molecule has 0 aliphatic carbocycles. The van der Waals surface area contributed by atoms with Gasteiger partial charge in [-0.15, -0.1) is 0 Å². The van der Waals surface area contributed by atoms with E-state index in [1.807, 2.05) is 24.3 Å². The Morgan fingerprint density at radius 3 is 2.44 bits per heavy atom. The fourth-order valence-electron chi connectivity index (χ4n) is 2.82. The van der Waals surface area contributed by atoms with Crippen LogP contribution >= 0.6 is 27.5 Å². The van der Waals surface area contributed by atoms with Crippen molar-refractivity contribution in [1.29, 1.82) is 0 Å². The second-order valence-corrected chi connectivity index (χ2v) is 8.90. The van der Waals surface area contributed by atoms with Crippen molar-refractivity contribution in [2.24, 2.45) is 0 Å². The molecule has 8 heteroatoms. The minimum absolute atomic E-state index is 0.146. The van der Waals surface area contributed by atoms with Crippen LogP contribution in [0.25, 0.3) is 0 Å². The van der Waals surface area contributed by atoms with Crippen LogP contribution < -0.4 is 9.64 Å². The SMILES string of the molecule is COc1cccc(N2CCN(S(=O)(=O)c3ccc(Br)cc3Cl)CC2)c1. The standard InChI is InChI=1S/C17H18BrClN2O3S/c1-24-15-4-2-3-14(12-15)20-7-9-21(10-8-20)25(22,23)17-6-5-13(18)11-16(17)19/h2-6,11-12H,7-10H2,1H3. The van der Waals surface area contributed by atoms with Gasteiger partial charge in [-0.05, 0) is 30.3 Å². The highest BCUT2D eigenvalue weighted by molar-refractivity contribution is 9.10. The average Bonchev–Trinajstić information content (AvgIpc) is 2.61. The lowest BCUT2D eigenvalue weighted by Gasteiger charge is -2.35. The first-order valence-corrected chi connectivity index (χ1v) is 10.4. The molecule has 5 nitrogen and oxygen atoms in total. The summed E-state index contributed by atoms with van der Waals surface area (Å²) in [6.07, 6.45) is 0. The number of halogens is 2. The molecule has 0 amide bonds. The van der Waals surface area contributed by atoms with E-state index in [-0.39, 0.29) is 9.92 Å². The van der Waals surface area contributed by atoms with Crippen molar-refractivity contribution in [2.45, 2.75) is 4.90 Å². The van der Waals surface area contributed by atoms with E-state index in [1.165, 1.54) is 10.4 Å². The maximum absolute atomic E-state index is 12.9. The first-order valence-electron chi connectivity index (χ1n) is 7.76. The zero-order valence-electron chi connectivity index (χ0n) is 13.7. The largest absolute Gasteiger partial charge is 0.497 e. The Morgan fingerprint density at radius 2 is 1.80 bits per heavy atom. The quantitative estimate of drug-likeness (QED) is 0.721. The first kappa shape index (κ1) is 18.5. The second-order valence-electron chi connectivity index (χ2n) is 5.67. The van der Waals surface area contributed by atoms with Crippen LogP contribution in [0.1, 0.15) is 0 Å². The van der Waals surface area contributed by atoms with Crippen molar-refractivity contribution in [3.05, 3.63) is 52.0 Å². The Hall–Kier alpha value is -1.28. The van der Waals surface area contributed by atoms with Crippen molar-refractivity contribution in [3.8, 4) is 5.75 Å². The lowest BCUT2D eigenvalue weighted by Crippen LogP contribution is -2.48. The lowest BCUT2D eigenvalue weighted by atomic mass is 10.2. The molecule has 1 fully saturated rings. The topological polar surface area (TPSA) is 49.9 Å². The van der Waals surface area contributed by atoms with Gasteiger partial charge in [-0.25, -0.2) is 8.42 Å². The third-order valence-electron chi connectivity index (χ3n) is 4.17. The smallest absolute Gasteiger partial charge is 0.244 e. The third-order valence-corrected chi connectivity index (χ3v) is 7.04. The van der Waals surface area contributed by atoms with Crippen LogP contribution in [0.3, 0.4) is 0 Å². The fraction of sp³-hybridized carbons (Fsp3) is 0.294. The Balaban J connectivity index is 1.75. The molecule has 1 heterocycles. The number of methoxy groups -OCH3 is 1. The van der Waals surface area contributed by atoms with Gasteiger partial charge >= 0.3 is 0 Å². The number of sulfonamides is 1. The highest BCUT2D eigenvalue weighted by atomic mass is 79.9. The number of rotatable bonds is 4. The van der Waals surface area contributed by atoms with E-state index < -0.39 is 10.0 Å². The van der Waals surface area contributed by atoms with E-state index in [0.717, 1.165) is 15.9 Å². The molecule has 0 saturated carbocycles. The minimum atomic E-state index is -3.60. The summed E-state index contributed by atoms with van der Waals surface area (Å²) >= 11 is 9.43. The van der Waals surface area contributed by atoms with Gasteiger partial charge in [0.1, 0.15) is 10.6 Å². The molecular formula is C17H18BrClN2O3S. The molecule has 1 aliphatic rings. The molecule has 1 aliphatic heterocycles. The number of ether oxygens (including phenoxy) is 1. The van der Waals surface area contributed by atoms with Crippen molar-refractivity contribution < 1.29 is 13.2 Å². The van der Waals surface area contributed by atoms with Gasteiger partial charge < -0.3 is 9.64 Å². The third kappa shape index (κ3) is 3.95. The van der Waals surface area contributed by atoms with Crippen LogP contribution in [0.5, 0.6) is 5.75 Å². The number of benzene rings is 2. The van der Waals surface area contributed by atoms with E-state index >= 15 is 0 Å². The van der Waals surface area contributed by atoms with E-state index in [0.29, 0.717) is 26.2 Å². The summed E-state index contributed by atoms with van der Waals surface area (Å²) in [5.74, 6) is 0.786. The molecule has 0 spiro atoms. The second kappa shape index (κ2) is 7.53. The van der Waals surface area contributed by atoms with Crippen molar-refractivity contribution in [2.75, 3.05) is 38.2 Å². The van der Waals surface area contributed by atoms with Gasteiger partial charge in [0.2, 0.25) is 10.0 Å². The number of hydrogen-bond donors (Lipinski definition) is 0. The van der Waals surface area contributed by atoms with Crippen LogP contribution in [-0.4, -0.2) is 46.0 Å². The number of nitrogens with zero attached hydrogens (tertiary/aromatic N) is 2. The number of piperazine rings is 1. The van der Waals surface area contributed by atoms with Crippen molar-refractivity contribution in [3.63, 3.8) is 0 Å². The summed E-state index contributed by atoms with van der Waals surface area (Å²) in [5, 5.41) is 0.226. The summed E-state index contributed by atoms with van der Waals surface area (Å²) in [6, 6.07) is 12.6. The van der Waals surface area contributed by atoms with Crippen LogP contribution in [0.15, 0.2) is 51.8 Å². The Morgan fingerprint density at radius 1 is 1.08 bits per heavy atom. The van der Waals surface area contributed by atoms with Crippen LogP contribution in [0.2, 0.25) is 5.02 Å². The molecule has 0 bridgehead atoms. The molecule has 1 saturated heterocycles. The highest BCUT2D eigenvalue weighted by Crippen LogP contribution is 2.29. The van der Waals surface area contributed by atoms with Crippen LogP contribution in [0, 0.1) is 0 Å². The van der Waals surface area contributed by atoms with Crippen LogP contribution in [-0.2, 0) is 10.0 Å². The summed E-state index contributed by atoms with van der Waals surface area (Å²) in [5.41, 5.74) is 1.03. The van der Waals surface area contributed by atoms with Gasteiger partial charge in [-0.3, -0.25) is 0 Å². The normalized spacial score (nSPS) is 16.0. The Bertz CT molecular complexity index is 868. The first-order chi connectivity index (χ1) is 11.9. The van der Waals surface area contributed by atoms with Gasteiger partial charge in [0.05, 0.1) is 12.1 Å². The monoisotopic (exact) mass is 444 g/mol. The number of hydrogen-bond acceptors (Lipinski definition) is 4. The lowest BCUT2D eigenvalue weighted by molar-refractivity contribution is 0.384. The molecule has 0 radical (unpaired) electrons. The molecule has 3 rings (SSSR count). The average molecular weight is 446 g/mol. The zero-order chi connectivity index (χ0) is 18.0. The van der Waals surface area contributed by atoms with E-state index in [9.17, 15) is 8.42 Å². The van der Waals surface area contributed by atoms with Gasteiger partial charge in [0.25, 0.3) is 0 Å². The zero-order valence-corrected chi connectivity index (χ0v) is 16.8. The van der Waals surface area contributed by atoms with E-state index in [2.05, 4.69) is 20.8 Å². The Kier molecular flexibility index (Phi) is 5.58. The van der Waals surface area contributed by atoms with E-state index in [4.69, 9.17) is 16.3 Å². The summed E-state index contributed by atoms with van der Waals surface area (Å²) < 4.78 is 33.2. The summed E-state index contributed by atoms with van der Waals surface area (Å²) in [4.78, 5) is 2.30. The molecule has 0 unspecified atom stereocenters. The van der Waals surface area contributed by atoms with Crippen molar-refractivity contribution in [1.82, 2.24) is 4.31 Å². The summed E-state index contributed by atoms with van der Waals surface area (Å²) in [7, 11) is -1.97. The summed E-state index contributed by atoms with van der Waals surface area (Å²) in [6.45, 7) is 2.04. The molecular weight excluding hydrogens is 428 g/mol. The predicted molar refractivity (Wildman–Crippen MR) is 103 cm³/mol. The van der Waals surface area contributed by atoms with Gasteiger partial charge in [-0.2, -0.15) is 4.31 Å². The predicted octanol–water partition coefficient (Wildman–Crippen LogP) is 3.62. The van der Waals surface area contributed by atoms with Gasteiger partial charge in [0, 0.05) is 42.4 Å². The number of anilines is 1. The van der Waals surface area contributed by atoms with E-state index in [1.54, 1.807) is 19.2 Å². The molecule has 134 valence electrons. The maximum Gasteiger partial charge on any atom is 0.244 e. The molecule has 0 aromatic heterocycles. The molecule has 2 aromatic carbocycles. The molecule has 0 N–H and O–H groups in total. The highest BCUT2D eigenvalue weighted by Gasteiger charge is 2.30. The van der Waals surface area contributed by atoms with Gasteiger partial charge in [0.15, 0.2) is 0 Å². The molecule has 25 heavy (non-hydrogen) atoms. The molecule has 2 aromatic rings.